The molecule has 0 spiro atoms. The SMILES string of the molecule is Cc1ccc(S(=O)(=O)[N-]/N=c2/c(-c3ccccc3)c(-c3ccccc3)c2=O)cc1.[Na+]. The molecule has 30 heavy (non-hydrogen) atoms. The molecule has 0 radical (unpaired) electrons. The Labute approximate surface area is 197 Å². The van der Waals surface area contributed by atoms with Gasteiger partial charge in [0.15, 0.2) is 0 Å². The second-order valence-corrected chi connectivity index (χ2v) is 8.21. The summed E-state index contributed by atoms with van der Waals surface area (Å²) < 4.78 is 25.0. The molecule has 4 rings (SSSR count). The molecule has 0 amide bonds. The van der Waals surface area contributed by atoms with Crippen molar-refractivity contribution in [3.8, 4) is 22.3 Å². The summed E-state index contributed by atoms with van der Waals surface area (Å²) in [5.74, 6) is 0. The van der Waals surface area contributed by atoms with Crippen LogP contribution < -0.4 is 40.3 Å². The summed E-state index contributed by atoms with van der Waals surface area (Å²) in [5.41, 5.74) is 3.27. The van der Waals surface area contributed by atoms with Gasteiger partial charge in [0.25, 0.3) is 0 Å². The fourth-order valence-electron chi connectivity index (χ4n) is 3.11. The summed E-state index contributed by atoms with van der Waals surface area (Å²) in [7, 11) is -4.00. The van der Waals surface area contributed by atoms with E-state index in [-0.39, 0.29) is 45.2 Å². The minimum Gasteiger partial charge on any atom is -0.490 e. The van der Waals surface area contributed by atoms with Gasteiger partial charge in [-0.2, -0.15) is 0 Å². The molecule has 0 N–H and O–H groups in total. The van der Waals surface area contributed by atoms with Crippen LogP contribution in [0.15, 0.2) is 99.7 Å². The summed E-state index contributed by atoms with van der Waals surface area (Å²) in [6, 6.07) is 24.9. The van der Waals surface area contributed by atoms with Gasteiger partial charge in [0, 0.05) is 11.1 Å². The Morgan fingerprint density at radius 2 is 1.23 bits per heavy atom. The molecule has 0 saturated carbocycles. The Kier molecular flexibility index (Phi) is 6.73. The Hall–Kier alpha value is -2.51. The third-order valence-corrected chi connectivity index (χ3v) is 5.79. The van der Waals surface area contributed by atoms with Gasteiger partial charge in [-0.15, -0.1) is 0 Å². The zero-order valence-corrected chi connectivity index (χ0v) is 19.4. The van der Waals surface area contributed by atoms with Crippen LogP contribution in [-0.4, -0.2) is 8.42 Å². The van der Waals surface area contributed by atoms with E-state index in [9.17, 15) is 13.2 Å². The first kappa shape index (κ1) is 22.2. The molecule has 0 aliphatic carbocycles. The predicted octanol–water partition coefficient (Wildman–Crippen LogP) is 1.15. The molecule has 0 unspecified atom stereocenters. The third kappa shape index (κ3) is 4.32. The van der Waals surface area contributed by atoms with Gasteiger partial charge in [0.2, 0.25) is 5.43 Å². The summed E-state index contributed by atoms with van der Waals surface area (Å²) in [6.45, 7) is 1.86. The molecule has 0 aromatic heterocycles. The Morgan fingerprint density at radius 1 is 0.733 bits per heavy atom. The van der Waals surface area contributed by atoms with Crippen LogP contribution in [0.4, 0.5) is 0 Å². The average molecular weight is 424 g/mol. The molecule has 7 heteroatoms. The molecule has 4 aromatic rings. The molecule has 0 fully saturated rings. The van der Waals surface area contributed by atoms with E-state index >= 15 is 0 Å². The van der Waals surface area contributed by atoms with Gasteiger partial charge in [-0.1, -0.05) is 78.4 Å². The maximum absolute atomic E-state index is 12.8. The molecule has 0 saturated heterocycles. The van der Waals surface area contributed by atoms with E-state index < -0.39 is 10.0 Å². The van der Waals surface area contributed by atoms with E-state index in [4.69, 9.17) is 0 Å². The third-order valence-electron chi connectivity index (χ3n) is 4.62. The maximum atomic E-state index is 12.8. The van der Waals surface area contributed by atoms with E-state index in [0.717, 1.165) is 16.7 Å². The number of hydrogen-bond acceptors (Lipinski definition) is 4. The molecular weight excluding hydrogens is 407 g/mol. The van der Waals surface area contributed by atoms with Gasteiger partial charge >= 0.3 is 29.6 Å². The molecule has 0 heterocycles. The fraction of sp³-hybridized carbons (Fsp3) is 0.0435. The van der Waals surface area contributed by atoms with Crippen molar-refractivity contribution < 1.29 is 38.0 Å². The van der Waals surface area contributed by atoms with Crippen molar-refractivity contribution in [2.45, 2.75) is 11.8 Å². The number of sulfonamides is 1. The molecule has 144 valence electrons. The van der Waals surface area contributed by atoms with Crippen LogP contribution in [0, 0.1) is 6.92 Å². The summed E-state index contributed by atoms with van der Waals surface area (Å²) in [6.07, 6.45) is 0. The fourth-order valence-corrected chi connectivity index (χ4v) is 3.88. The molecule has 0 aliphatic heterocycles. The maximum Gasteiger partial charge on any atom is 1.00 e. The molecule has 0 atom stereocenters. The monoisotopic (exact) mass is 424 g/mol. The second-order valence-electron chi connectivity index (χ2n) is 6.63. The van der Waals surface area contributed by atoms with Crippen molar-refractivity contribution in [2.24, 2.45) is 5.10 Å². The van der Waals surface area contributed by atoms with E-state index in [1.54, 1.807) is 12.1 Å². The van der Waals surface area contributed by atoms with Crippen LogP contribution in [0.1, 0.15) is 5.56 Å². The normalized spacial score (nSPS) is 11.8. The van der Waals surface area contributed by atoms with Crippen molar-refractivity contribution in [3.05, 3.63) is 111 Å². The predicted molar refractivity (Wildman–Crippen MR) is 113 cm³/mol. The first-order valence-electron chi connectivity index (χ1n) is 8.99. The number of nitrogens with zero attached hydrogens (tertiary/aromatic N) is 2. The van der Waals surface area contributed by atoms with Gasteiger partial charge in [-0.3, -0.25) is 4.79 Å². The minimum atomic E-state index is -4.00. The number of aryl methyl sites for hydroxylation is 1. The first-order valence-corrected chi connectivity index (χ1v) is 10.4. The molecule has 0 aliphatic rings. The minimum absolute atomic E-state index is 0. The van der Waals surface area contributed by atoms with Crippen molar-refractivity contribution in [2.75, 3.05) is 0 Å². The van der Waals surface area contributed by atoms with Crippen LogP contribution >= 0.6 is 0 Å². The topological polar surface area (TPSA) is 77.7 Å². The van der Waals surface area contributed by atoms with E-state index in [1.807, 2.05) is 67.6 Å². The number of hydrogen-bond donors (Lipinski definition) is 0. The van der Waals surface area contributed by atoms with Crippen molar-refractivity contribution >= 4 is 10.0 Å². The van der Waals surface area contributed by atoms with Gasteiger partial charge in [-0.05, 0) is 30.2 Å². The first-order chi connectivity index (χ1) is 14.0. The molecule has 5 nitrogen and oxygen atoms in total. The second kappa shape index (κ2) is 9.10. The Bertz CT molecular complexity index is 1340. The van der Waals surface area contributed by atoms with Gasteiger partial charge < -0.3 is 9.93 Å². The van der Waals surface area contributed by atoms with E-state index in [1.165, 1.54) is 12.1 Å². The molecule has 4 aromatic carbocycles. The van der Waals surface area contributed by atoms with Crippen molar-refractivity contribution in [3.63, 3.8) is 0 Å². The van der Waals surface area contributed by atoms with Crippen molar-refractivity contribution in [1.82, 2.24) is 0 Å². The van der Waals surface area contributed by atoms with Gasteiger partial charge in [0.1, 0.15) is 10.0 Å². The molecule has 0 bridgehead atoms. The van der Waals surface area contributed by atoms with Crippen LogP contribution in [0.3, 0.4) is 0 Å². The Morgan fingerprint density at radius 3 is 1.77 bits per heavy atom. The smallest absolute Gasteiger partial charge is 0.490 e. The standard InChI is InChI=1S/C23H18N2O3S.Na/c1-16-12-14-19(15-13-16)29(27,28)25-24-22-20(17-8-4-2-5-9-17)21(23(22)26)18-10-6-3-7-11-18;/h2-15H,1H3,(H,25,26);/q;+1/p-1. The summed E-state index contributed by atoms with van der Waals surface area (Å²) in [5, 5.41) is 3.91. The quantitative estimate of drug-likeness (QED) is 0.356. The van der Waals surface area contributed by atoms with Crippen molar-refractivity contribution in [1.29, 1.82) is 0 Å². The van der Waals surface area contributed by atoms with Crippen LogP contribution in [0.5, 0.6) is 0 Å². The largest absolute Gasteiger partial charge is 1.00 e. The summed E-state index contributed by atoms with van der Waals surface area (Å²) >= 11 is 0. The Balaban J connectivity index is 0.00000256. The number of rotatable bonds is 5. The number of benzene rings is 3. The molecular formula is C23H17N2NaO3S. The van der Waals surface area contributed by atoms with E-state index in [0.29, 0.717) is 11.1 Å². The van der Waals surface area contributed by atoms with Gasteiger partial charge in [-0.25, -0.2) is 8.42 Å². The zero-order valence-electron chi connectivity index (χ0n) is 16.6. The van der Waals surface area contributed by atoms with Crippen LogP contribution in [-0.2, 0) is 10.0 Å². The van der Waals surface area contributed by atoms with Crippen LogP contribution in [0.2, 0.25) is 0 Å². The zero-order chi connectivity index (χ0) is 20.4. The average Bonchev–Trinajstić information content (AvgIpc) is 2.73. The van der Waals surface area contributed by atoms with Crippen LogP contribution in [0.25, 0.3) is 27.1 Å². The van der Waals surface area contributed by atoms with E-state index in [2.05, 4.69) is 9.93 Å². The van der Waals surface area contributed by atoms with Gasteiger partial charge in [0.05, 0.1) is 10.3 Å². The summed E-state index contributed by atoms with van der Waals surface area (Å²) in [4.78, 5) is 16.4.